The standard InChI is InChI=1S/C9H17NOS/c11-12-7-3-6-10-8-4-1-2-5-9(8)12/h8-10H,1-7H2. The zero-order valence-corrected chi connectivity index (χ0v) is 8.24. The molecule has 0 aromatic rings. The van der Waals surface area contributed by atoms with E-state index in [1.807, 2.05) is 0 Å². The normalized spacial score (nSPS) is 43.2. The molecule has 3 heteroatoms. The van der Waals surface area contributed by atoms with Gasteiger partial charge in [-0.05, 0) is 25.8 Å². The van der Waals surface area contributed by atoms with Crippen molar-refractivity contribution in [2.45, 2.75) is 43.4 Å². The van der Waals surface area contributed by atoms with Gasteiger partial charge < -0.3 is 5.32 Å². The minimum atomic E-state index is -0.537. The molecule has 2 nitrogen and oxygen atoms in total. The molecule has 0 aromatic carbocycles. The molecule has 1 aliphatic heterocycles. The van der Waals surface area contributed by atoms with Gasteiger partial charge in [0.25, 0.3) is 0 Å². The van der Waals surface area contributed by atoms with Gasteiger partial charge in [0, 0.05) is 22.6 Å². The van der Waals surface area contributed by atoms with Crippen molar-refractivity contribution in [2.24, 2.45) is 0 Å². The average Bonchev–Trinajstić information content (AvgIpc) is 2.29. The number of hydrogen-bond donors (Lipinski definition) is 1. The predicted octanol–water partition coefficient (Wildman–Crippen LogP) is 1.04. The van der Waals surface area contributed by atoms with Crippen LogP contribution in [0.1, 0.15) is 32.1 Å². The van der Waals surface area contributed by atoms with Crippen LogP contribution < -0.4 is 5.32 Å². The van der Waals surface area contributed by atoms with Gasteiger partial charge in [-0.25, -0.2) is 0 Å². The smallest absolute Gasteiger partial charge is 0.0501 e. The van der Waals surface area contributed by atoms with Gasteiger partial charge in [0.15, 0.2) is 0 Å². The summed E-state index contributed by atoms with van der Waals surface area (Å²) < 4.78 is 11.7. The molecule has 2 fully saturated rings. The molecule has 0 bridgehead atoms. The van der Waals surface area contributed by atoms with Crippen LogP contribution >= 0.6 is 0 Å². The Bertz CT molecular complexity index is 183. The first-order valence-corrected chi connectivity index (χ1v) is 6.37. The Morgan fingerprint density at radius 2 is 2.00 bits per heavy atom. The van der Waals surface area contributed by atoms with Crippen LogP contribution in [-0.4, -0.2) is 27.8 Å². The third-order valence-electron chi connectivity index (χ3n) is 2.97. The van der Waals surface area contributed by atoms with Crippen LogP contribution in [-0.2, 0) is 10.8 Å². The monoisotopic (exact) mass is 187 g/mol. The quantitative estimate of drug-likeness (QED) is 0.614. The lowest BCUT2D eigenvalue weighted by Crippen LogP contribution is -2.42. The lowest BCUT2D eigenvalue weighted by Gasteiger charge is -2.29. The number of hydrogen-bond acceptors (Lipinski definition) is 2. The van der Waals surface area contributed by atoms with Gasteiger partial charge in [-0.3, -0.25) is 4.21 Å². The summed E-state index contributed by atoms with van der Waals surface area (Å²) in [5.74, 6) is 0.925. The molecule has 1 aliphatic carbocycles. The van der Waals surface area contributed by atoms with Crippen LogP contribution in [0.2, 0.25) is 0 Å². The minimum absolute atomic E-state index is 0.473. The second kappa shape index (κ2) is 3.88. The maximum atomic E-state index is 11.7. The summed E-state index contributed by atoms with van der Waals surface area (Å²) >= 11 is 0. The SMILES string of the molecule is O=S1CCCNC2CCCCC21. The average molecular weight is 187 g/mol. The third-order valence-corrected chi connectivity index (χ3v) is 4.90. The van der Waals surface area contributed by atoms with Crippen molar-refractivity contribution in [3.63, 3.8) is 0 Å². The van der Waals surface area contributed by atoms with Crippen molar-refractivity contribution in [3.8, 4) is 0 Å². The Balaban J connectivity index is 2.06. The summed E-state index contributed by atoms with van der Waals surface area (Å²) in [5.41, 5.74) is 0. The van der Waals surface area contributed by atoms with E-state index < -0.39 is 10.8 Å². The molecule has 0 radical (unpaired) electrons. The van der Waals surface area contributed by atoms with Crippen molar-refractivity contribution in [1.29, 1.82) is 0 Å². The molecule has 70 valence electrons. The van der Waals surface area contributed by atoms with Crippen LogP contribution in [0.5, 0.6) is 0 Å². The van der Waals surface area contributed by atoms with E-state index in [4.69, 9.17) is 0 Å². The van der Waals surface area contributed by atoms with E-state index in [9.17, 15) is 4.21 Å². The molecule has 0 amide bonds. The molecule has 2 rings (SSSR count). The molecule has 1 saturated heterocycles. The highest BCUT2D eigenvalue weighted by Crippen LogP contribution is 2.24. The van der Waals surface area contributed by atoms with Crippen molar-refractivity contribution in [2.75, 3.05) is 12.3 Å². The highest BCUT2D eigenvalue weighted by molar-refractivity contribution is 7.85. The molecule has 1 saturated carbocycles. The lowest BCUT2D eigenvalue weighted by atomic mass is 9.95. The summed E-state index contributed by atoms with van der Waals surface area (Å²) in [5, 5.41) is 3.99. The molecule has 0 spiro atoms. The largest absolute Gasteiger partial charge is 0.313 e. The van der Waals surface area contributed by atoms with Gasteiger partial charge in [-0.15, -0.1) is 0 Å². The molecular weight excluding hydrogens is 170 g/mol. The van der Waals surface area contributed by atoms with Gasteiger partial charge in [0.2, 0.25) is 0 Å². The van der Waals surface area contributed by atoms with Crippen molar-refractivity contribution >= 4 is 10.8 Å². The zero-order chi connectivity index (χ0) is 8.39. The van der Waals surface area contributed by atoms with E-state index in [2.05, 4.69) is 5.32 Å². The summed E-state index contributed by atoms with van der Waals surface area (Å²) in [6.45, 7) is 1.08. The fraction of sp³-hybridized carbons (Fsp3) is 1.00. The highest BCUT2D eigenvalue weighted by Gasteiger charge is 2.30. The third kappa shape index (κ3) is 1.72. The van der Waals surface area contributed by atoms with Gasteiger partial charge >= 0.3 is 0 Å². The zero-order valence-electron chi connectivity index (χ0n) is 7.42. The van der Waals surface area contributed by atoms with E-state index in [1.165, 1.54) is 25.7 Å². The van der Waals surface area contributed by atoms with Gasteiger partial charge in [0.05, 0.1) is 5.25 Å². The molecule has 1 N–H and O–H groups in total. The predicted molar refractivity (Wildman–Crippen MR) is 51.7 cm³/mol. The summed E-state index contributed by atoms with van der Waals surface area (Å²) in [4.78, 5) is 0. The van der Waals surface area contributed by atoms with E-state index in [-0.39, 0.29) is 0 Å². The Morgan fingerprint density at radius 1 is 1.17 bits per heavy atom. The van der Waals surface area contributed by atoms with Crippen LogP contribution in [0.4, 0.5) is 0 Å². The molecule has 3 atom stereocenters. The van der Waals surface area contributed by atoms with E-state index in [0.717, 1.165) is 18.7 Å². The molecular formula is C9H17NOS. The number of nitrogens with one attached hydrogen (secondary N) is 1. The van der Waals surface area contributed by atoms with Crippen molar-refractivity contribution in [1.82, 2.24) is 5.32 Å². The first-order chi connectivity index (χ1) is 5.88. The van der Waals surface area contributed by atoms with Crippen LogP contribution in [0.3, 0.4) is 0 Å². The first-order valence-electron chi connectivity index (χ1n) is 4.98. The Kier molecular flexibility index (Phi) is 2.81. The molecule has 3 unspecified atom stereocenters. The second-order valence-electron chi connectivity index (χ2n) is 3.82. The van der Waals surface area contributed by atoms with Crippen molar-refractivity contribution < 1.29 is 4.21 Å². The van der Waals surface area contributed by atoms with E-state index in [0.29, 0.717) is 11.3 Å². The topological polar surface area (TPSA) is 29.1 Å². The summed E-state index contributed by atoms with van der Waals surface area (Å²) in [6.07, 6.45) is 6.14. The number of fused-ring (bicyclic) bond motifs is 1. The van der Waals surface area contributed by atoms with Crippen LogP contribution in [0.15, 0.2) is 0 Å². The Hall–Kier alpha value is 0.110. The maximum Gasteiger partial charge on any atom is 0.0501 e. The molecule has 0 aromatic heterocycles. The van der Waals surface area contributed by atoms with Gasteiger partial charge in [0.1, 0.15) is 0 Å². The van der Waals surface area contributed by atoms with E-state index >= 15 is 0 Å². The fourth-order valence-electron chi connectivity index (χ4n) is 2.30. The minimum Gasteiger partial charge on any atom is -0.313 e. The van der Waals surface area contributed by atoms with Gasteiger partial charge in [-0.2, -0.15) is 0 Å². The van der Waals surface area contributed by atoms with Crippen molar-refractivity contribution in [3.05, 3.63) is 0 Å². The Morgan fingerprint density at radius 3 is 2.92 bits per heavy atom. The maximum absolute atomic E-state index is 11.7. The Labute approximate surface area is 76.6 Å². The van der Waals surface area contributed by atoms with Gasteiger partial charge in [-0.1, -0.05) is 12.8 Å². The summed E-state index contributed by atoms with van der Waals surface area (Å²) in [6, 6.07) is 0.571. The first kappa shape index (κ1) is 8.70. The van der Waals surface area contributed by atoms with E-state index in [1.54, 1.807) is 0 Å². The van der Waals surface area contributed by atoms with Crippen LogP contribution in [0.25, 0.3) is 0 Å². The lowest BCUT2D eigenvalue weighted by molar-refractivity contribution is 0.387. The molecule has 2 aliphatic rings. The summed E-state index contributed by atoms with van der Waals surface area (Å²) in [7, 11) is -0.537. The molecule has 12 heavy (non-hydrogen) atoms. The van der Waals surface area contributed by atoms with Crippen LogP contribution in [0, 0.1) is 0 Å². The number of rotatable bonds is 0. The second-order valence-corrected chi connectivity index (χ2v) is 5.60. The molecule has 1 heterocycles. The fourth-order valence-corrected chi connectivity index (χ4v) is 4.06. The highest BCUT2D eigenvalue weighted by atomic mass is 32.2.